The minimum absolute atomic E-state index is 0.0369. The Kier molecular flexibility index (Phi) is 21.5. The summed E-state index contributed by atoms with van der Waals surface area (Å²) in [7, 11) is 0. The normalized spacial score (nSPS) is 14.1. The number of ether oxygens (including phenoxy) is 5. The van der Waals surface area contributed by atoms with E-state index in [2.05, 4.69) is 63.7 Å². The summed E-state index contributed by atoms with van der Waals surface area (Å²) in [5, 5.41) is 2.46. The van der Waals surface area contributed by atoms with Gasteiger partial charge in [-0.25, -0.2) is 0 Å². The Morgan fingerprint density at radius 2 is 1.04 bits per heavy atom. The van der Waals surface area contributed by atoms with E-state index in [1.54, 1.807) is 0 Å². The van der Waals surface area contributed by atoms with Gasteiger partial charge in [0.15, 0.2) is 0 Å². The van der Waals surface area contributed by atoms with Crippen LogP contribution in [0.5, 0.6) is 0 Å². The highest BCUT2D eigenvalue weighted by Crippen LogP contribution is 2.12. The fourth-order valence-electron chi connectivity index (χ4n) is 1.50. The van der Waals surface area contributed by atoms with Crippen LogP contribution in [0.3, 0.4) is 0 Å². The molecule has 0 aliphatic heterocycles. The topological polar surface area (TPSA) is 46.2 Å². The number of hydrogen-bond acceptors (Lipinski definition) is 5. The first-order valence-corrected chi connectivity index (χ1v) is 11.8. The number of alkyl halides is 4. The Labute approximate surface area is 173 Å². The van der Waals surface area contributed by atoms with Crippen molar-refractivity contribution in [3.8, 4) is 0 Å². The van der Waals surface area contributed by atoms with Crippen molar-refractivity contribution in [3.63, 3.8) is 0 Å². The standard InChI is InChI=1S/C14H26Br4O5/c15-1-4-19-7-8-20-9-10-22-11-13(18)14(23-6-3-17)12-21-5-2-16/h13-14H,1-12H2. The summed E-state index contributed by atoms with van der Waals surface area (Å²) in [6, 6.07) is 0. The highest BCUT2D eigenvalue weighted by atomic mass is 79.9. The van der Waals surface area contributed by atoms with Crippen LogP contribution in [0.1, 0.15) is 0 Å². The number of rotatable bonds is 18. The summed E-state index contributed by atoms with van der Waals surface area (Å²) in [5.74, 6) is 0. The molecule has 2 atom stereocenters. The van der Waals surface area contributed by atoms with Gasteiger partial charge in [0.05, 0.1) is 70.4 Å². The molecule has 140 valence electrons. The molecule has 0 rings (SSSR count). The van der Waals surface area contributed by atoms with Crippen molar-refractivity contribution in [2.75, 3.05) is 75.5 Å². The van der Waals surface area contributed by atoms with Gasteiger partial charge in [0.2, 0.25) is 0 Å². The van der Waals surface area contributed by atoms with Crippen molar-refractivity contribution in [3.05, 3.63) is 0 Å². The Balaban J connectivity index is 3.65. The van der Waals surface area contributed by atoms with E-state index < -0.39 is 0 Å². The maximum absolute atomic E-state index is 5.77. The minimum Gasteiger partial charge on any atom is -0.378 e. The molecule has 0 aromatic heterocycles. The second-order valence-electron chi connectivity index (χ2n) is 4.37. The first-order chi connectivity index (χ1) is 11.3. The van der Waals surface area contributed by atoms with Crippen molar-refractivity contribution >= 4 is 63.7 Å². The number of hydrogen-bond donors (Lipinski definition) is 0. The molecule has 0 aromatic carbocycles. The molecule has 0 bridgehead atoms. The summed E-state index contributed by atoms with van der Waals surface area (Å²) < 4.78 is 27.6. The Bertz CT molecular complexity index is 239. The van der Waals surface area contributed by atoms with Gasteiger partial charge in [-0.05, 0) is 0 Å². The van der Waals surface area contributed by atoms with E-state index in [9.17, 15) is 0 Å². The lowest BCUT2D eigenvalue weighted by Gasteiger charge is -2.22. The average molecular weight is 594 g/mol. The lowest BCUT2D eigenvalue weighted by molar-refractivity contribution is -0.0262. The Morgan fingerprint density at radius 1 is 0.565 bits per heavy atom. The summed E-state index contributed by atoms with van der Waals surface area (Å²) in [6.45, 7) is 5.41. The molecule has 0 aromatic rings. The van der Waals surface area contributed by atoms with E-state index >= 15 is 0 Å². The van der Waals surface area contributed by atoms with Crippen LogP contribution in [0.25, 0.3) is 0 Å². The van der Waals surface area contributed by atoms with Crippen molar-refractivity contribution < 1.29 is 23.7 Å². The van der Waals surface area contributed by atoms with E-state index in [4.69, 9.17) is 23.7 Å². The van der Waals surface area contributed by atoms with E-state index in [0.29, 0.717) is 59.5 Å². The predicted octanol–water partition coefficient (Wildman–Crippen LogP) is 3.39. The van der Waals surface area contributed by atoms with Gasteiger partial charge >= 0.3 is 0 Å². The third kappa shape index (κ3) is 16.9. The average Bonchev–Trinajstić information content (AvgIpc) is 2.56. The van der Waals surface area contributed by atoms with Gasteiger partial charge < -0.3 is 23.7 Å². The molecule has 0 aliphatic rings. The van der Waals surface area contributed by atoms with Crippen LogP contribution in [-0.4, -0.2) is 86.4 Å². The van der Waals surface area contributed by atoms with E-state index in [1.165, 1.54) is 0 Å². The van der Waals surface area contributed by atoms with Gasteiger partial charge in [-0.15, -0.1) is 0 Å². The highest BCUT2D eigenvalue weighted by Gasteiger charge is 2.20. The summed E-state index contributed by atoms with van der Waals surface area (Å²) in [5.41, 5.74) is 0. The molecule has 0 saturated carbocycles. The Hall–Kier alpha value is 1.72. The lowest BCUT2D eigenvalue weighted by atomic mass is 10.3. The molecule has 0 fully saturated rings. The van der Waals surface area contributed by atoms with E-state index in [-0.39, 0.29) is 10.9 Å². The molecular formula is C14H26Br4O5. The van der Waals surface area contributed by atoms with Gasteiger partial charge in [-0.2, -0.15) is 0 Å². The lowest BCUT2D eigenvalue weighted by Crippen LogP contribution is -2.34. The number of halogens is 4. The van der Waals surface area contributed by atoms with Crippen LogP contribution in [-0.2, 0) is 23.7 Å². The maximum atomic E-state index is 5.77. The van der Waals surface area contributed by atoms with Crippen LogP contribution in [0.2, 0.25) is 0 Å². The van der Waals surface area contributed by atoms with Crippen molar-refractivity contribution in [1.29, 1.82) is 0 Å². The Morgan fingerprint density at radius 3 is 1.65 bits per heavy atom. The molecule has 2 unspecified atom stereocenters. The van der Waals surface area contributed by atoms with Crippen molar-refractivity contribution in [2.24, 2.45) is 0 Å². The second-order valence-corrected chi connectivity index (χ2v) is 7.92. The van der Waals surface area contributed by atoms with Crippen LogP contribution in [0.15, 0.2) is 0 Å². The molecule has 0 radical (unpaired) electrons. The quantitative estimate of drug-likeness (QED) is 0.180. The summed E-state index contributed by atoms with van der Waals surface area (Å²) in [4.78, 5) is 0.0825. The van der Waals surface area contributed by atoms with Gasteiger partial charge in [-0.3, -0.25) is 0 Å². The molecule has 0 spiro atoms. The predicted molar refractivity (Wildman–Crippen MR) is 107 cm³/mol. The molecule has 0 N–H and O–H groups in total. The monoisotopic (exact) mass is 590 g/mol. The van der Waals surface area contributed by atoms with Crippen LogP contribution in [0, 0.1) is 0 Å². The van der Waals surface area contributed by atoms with Gasteiger partial charge in [-0.1, -0.05) is 63.7 Å². The third-order valence-electron chi connectivity index (χ3n) is 2.56. The molecular weight excluding hydrogens is 568 g/mol. The zero-order valence-corrected chi connectivity index (χ0v) is 19.5. The highest BCUT2D eigenvalue weighted by molar-refractivity contribution is 9.09. The fraction of sp³-hybridized carbons (Fsp3) is 1.00. The van der Waals surface area contributed by atoms with Crippen LogP contribution in [0.4, 0.5) is 0 Å². The first-order valence-electron chi connectivity index (χ1n) is 7.50. The fourth-order valence-corrected chi connectivity index (χ4v) is 2.64. The second kappa shape index (κ2) is 20.0. The molecule has 9 heteroatoms. The first kappa shape index (κ1) is 24.7. The summed E-state index contributed by atoms with van der Waals surface area (Å²) in [6.07, 6.45) is -0.0369. The van der Waals surface area contributed by atoms with Crippen molar-refractivity contribution in [2.45, 2.75) is 10.9 Å². The molecule has 23 heavy (non-hydrogen) atoms. The van der Waals surface area contributed by atoms with Crippen LogP contribution < -0.4 is 0 Å². The largest absolute Gasteiger partial charge is 0.378 e. The summed E-state index contributed by atoms with van der Waals surface area (Å²) >= 11 is 13.6. The molecule has 0 amide bonds. The SMILES string of the molecule is BrCCOCCOCCOCC(Br)C(COCCBr)OCCBr. The smallest absolute Gasteiger partial charge is 0.0955 e. The van der Waals surface area contributed by atoms with Crippen molar-refractivity contribution in [1.82, 2.24) is 0 Å². The molecule has 0 saturated heterocycles. The van der Waals surface area contributed by atoms with Crippen LogP contribution >= 0.6 is 63.7 Å². The molecule has 0 heterocycles. The third-order valence-corrected chi connectivity index (χ3v) is 4.38. The van der Waals surface area contributed by atoms with Gasteiger partial charge in [0.25, 0.3) is 0 Å². The molecule has 5 nitrogen and oxygen atoms in total. The molecule has 0 aliphatic carbocycles. The van der Waals surface area contributed by atoms with Gasteiger partial charge in [0.1, 0.15) is 0 Å². The van der Waals surface area contributed by atoms with Gasteiger partial charge in [0, 0.05) is 16.0 Å². The zero-order chi connectivity index (χ0) is 17.2. The minimum atomic E-state index is -0.0369. The maximum Gasteiger partial charge on any atom is 0.0955 e. The zero-order valence-electron chi connectivity index (χ0n) is 13.2. The van der Waals surface area contributed by atoms with E-state index in [1.807, 2.05) is 0 Å². The van der Waals surface area contributed by atoms with E-state index in [0.717, 1.165) is 16.0 Å².